The van der Waals surface area contributed by atoms with Crippen LogP contribution in [-0.2, 0) is 14.8 Å². The molecule has 4 nitrogen and oxygen atoms in total. The molecule has 0 amide bonds. The lowest BCUT2D eigenvalue weighted by molar-refractivity contribution is 0.0723. The summed E-state index contributed by atoms with van der Waals surface area (Å²) in [4.78, 5) is 0. The van der Waals surface area contributed by atoms with E-state index in [0.29, 0.717) is 32.7 Å². The molecule has 0 aromatic heterocycles. The van der Waals surface area contributed by atoms with Crippen LogP contribution in [0.1, 0.15) is 20.3 Å². The van der Waals surface area contributed by atoms with Crippen molar-refractivity contribution in [3.63, 3.8) is 0 Å². The van der Waals surface area contributed by atoms with Gasteiger partial charge >= 0.3 is 0 Å². The molecule has 1 saturated heterocycles. The zero-order valence-electron chi connectivity index (χ0n) is 12.2. The van der Waals surface area contributed by atoms with Gasteiger partial charge in [-0.2, -0.15) is 4.31 Å². The molecule has 1 unspecified atom stereocenters. The van der Waals surface area contributed by atoms with E-state index in [4.69, 9.17) is 4.74 Å². The Morgan fingerprint density at radius 2 is 2.15 bits per heavy atom. The molecule has 0 bridgehead atoms. The summed E-state index contributed by atoms with van der Waals surface area (Å²) in [6.07, 6.45) is 8.21. The maximum Gasteiger partial charge on any atom is 0.221 e. The van der Waals surface area contributed by atoms with E-state index in [-0.39, 0.29) is 0 Å². The Morgan fingerprint density at radius 3 is 2.75 bits per heavy atom. The fourth-order valence-corrected chi connectivity index (χ4v) is 5.10. The minimum Gasteiger partial charge on any atom is -0.379 e. The fraction of sp³-hybridized carbons (Fsp3) is 0.600. The van der Waals surface area contributed by atoms with Crippen LogP contribution in [0.15, 0.2) is 36.5 Å². The van der Waals surface area contributed by atoms with Gasteiger partial charge in [0.25, 0.3) is 0 Å². The minimum atomic E-state index is -3.36. The van der Waals surface area contributed by atoms with Crippen LogP contribution < -0.4 is 0 Å². The summed E-state index contributed by atoms with van der Waals surface area (Å²) in [7, 11) is -3.36. The molecule has 112 valence electrons. The molecule has 0 radical (unpaired) electrons. The van der Waals surface area contributed by atoms with E-state index in [2.05, 4.69) is 12.7 Å². The van der Waals surface area contributed by atoms with Crippen LogP contribution in [0.5, 0.6) is 0 Å². The lowest BCUT2D eigenvalue weighted by atomic mass is 9.78. The molecular formula is C15H23NO3S. The van der Waals surface area contributed by atoms with Gasteiger partial charge in [0.1, 0.15) is 5.25 Å². The molecule has 1 aliphatic heterocycles. The van der Waals surface area contributed by atoms with Gasteiger partial charge in [-0.25, -0.2) is 8.42 Å². The van der Waals surface area contributed by atoms with Gasteiger partial charge in [-0.05, 0) is 13.3 Å². The van der Waals surface area contributed by atoms with Crippen molar-refractivity contribution in [2.45, 2.75) is 25.5 Å². The standard InChI is InChI=1S/C15H23NO3S/c1-4-7-15(3)12-13(2)5-6-14(15)20(17,18)16-8-10-19-11-9-16/h4-6,12,14H,1,7-11H2,2-3H3/t14-,15?/m0/s1. The molecule has 0 spiro atoms. The SMILES string of the molecule is C=CCC1(C)C=C(C)C=C[C@@H]1S(=O)(=O)N1CCOCC1. The summed E-state index contributed by atoms with van der Waals surface area (Å²) < 4.78 is 32.6. The highest BCUT2D eigenvalue weighted by atomic mass is 32.2. The summed E-state index contributed by atoms with van der Waals surface area (Å²) in [5, 5.41) is -0.533. The maximum absolute atomic E-state index is 12.9. The molecule has 0 N–H and O–H groups in total. The van der Waals surface area contributed by atoms with Gasteiger partial charge in [0.15, 0.2) is 0 Å². The summed E-state index contributed by atoms with van der Waals surface area (Å²) in [6.45, 7) is 9.60. The number of hydrogen-bond acceptors (Lipinski definition) is 3. The van der Waals surface area contributed by atoms with Crippen molar-refractivity contribution in [1.82, 2.24) is 4.31 Å². The molecule has 5 heteroatoms. The quantitative estimate of drug-likeness (QED) is 0.747. The van der Waals surface area contributed by atoms with E-state index < -0.39 is 20.7 Å². The molecule has 20 heavy (non-hydrogen) atoms. The van der Waals surface area contributed by atoms with Gasteiger partial charge in [-0.1, -0.05) is 36.8 Å². The van der Waals surface area contributed by atoms with Crippen molar-refractivity contribution in [2.75, 3.05) is 26.3 Å². The van der Waals surface area contributed by atoms with E-state index in [1.807, 2.05) is 26.0 Å². The predicted octanol–water partition coefficient (Wildman–Crippen LogP) is 2.12. The number of morpholine rings is 1. The smallest absolute Gasteiger partial charge is 0.221 e. The Hall–Kier alpha value is -0.910. The van der Waals surface area contributed by atoms with Gasteiger partial charge < -0.3 is 4.74 Å². The third kappa shape index (κ3) is 2.90. The molecule has 1 aliphatic carbocycles. The molecule has 0 aromatic carbocycles. The Bertz CT molecular complexity index is 529. The fourth-order valence-electron chi connectivity index (χ4n) is 3.00. The molecule has 0 saturated carbocycles. The van der Waals surface area contributed by atoms with Crippen LogP contribution in [0.4, 0.5) is 0 Å². The van der Waals surface area contributed by atoms with Crippen molar-refractivity contribution in [3.05, 3.63) is 36.5 Å². The maximum atomic E-state index is 12.9. The monoisotopic (exact) mass is 297 g/mol. The lowest BCUT2D eigenvalue weighted by Crippen LogP contribution is -2.49. The Morgan fingerprint density at radius 1 is 1.50 bits per heavy atom. The molecule has 2 atom stereocenters. The van der Waals surface area contributed by atoms with Crippen molar-refractivity contribution in [1.29, 1.82) is 0 Å². The summed E-state index contributed by atoms with van der Waals surface area (Å²) in [5.41, 5.74) is 0.667. The van der Waals surface area contributed by atoms with Crippen molar-refractivity contribution >= 4 is 10.0 Å². The molecular weight excluding hydrogens is 274 g/mol. The lowest BCUT2D eigenvalue weighted by Gasteiger charge is -2.39. The number of ether oxygens (including phenoxy) is 1. The molecule has 2 rings (SSSR count). The highest BCUT2D eigenvalue weighted by Crippen LogP contribution is 2.39. The highest BCUT2D eigenvalue weighted by molar-refractivity contribution is 7.90. The zero-order chi connectivity index (χ0) is 14.8. The topological polar surface area (TPSA) is 46.6 Å². The minimum absolute atomic E-state index is 0.433. The number of sulfonamides is 1. The van der Waals surface area contributed by atoms with Crippen molar-refractivity contribution < 1.29 is 13.2 Å². The van der Waals surface area contributed by atoms with Gasteiger partial charge in [0.2, 0.25) is 10.0 Å². The first kappa shape index (κ1) is 15.5. The van der Waals surface area contributed by atoms with Crippen LogP contribution >= 0.6 is 0 Å². The first-order valence-electron chi connectivity index (χ1n) is 6.95. The van der Waals surface area contributed by atoms with Crippen LogP contribution in [0.25, 0.3) is 0 Å². The zero-order valence-corrected chi connectivity index (χ0v) is 13.0. The van der Waals surface area contributed by atoms with Gasteiger partial charge in [0, 0.05) is 18.5 Å². The second kappa shape index (κ2) is 5.84. The summed E-state index contributed by atoms with van der Waals surface area (Å²) >= 11 is 0. The number of rotatable bonds is 4. The second-order valence-electron chi connectivity index (χ2n) is 5.72. The van der Waals surface area contributed by atoms with E-state index in [9.17, 15) is 8.42 Å². The average Bonchev–Trinajstić information content (AvgIpc) is 2.39. The predicted molar refractivity (Wildman–Crippen MR) is 80.9 cm³/mol. The van der Waals surface area contributed by atoms with Crippen molar-refractivity contribution in [2.24, 2.45) is 5.41 Å². The Kier molecular flexibility index (Phi) is 4.52. The van der Waals surface area contributed by atoms with Crippen LogP contribution in [0.3, 0.4) is 0 Å². The van der Waals surface area contributed by atoms with Crippen LogP contribution in [0.2, 0.25) is 0 Å². The normalized spacial score (nSPS) is 31.9. The van der Waals surface area contributed by atoms with E-state index >= 15 is 0 Å². The van der Waals surface area contributed by atoms with E-state index in [1.54, 1.807) is 10.4 Å². The Balaban J connectivity index is 2.33. The second-order valence-corrected chi connectivity index (χ2v) is 7.78. The van der Waals surface area contributed by atoms with Gasteiger partial charge in [0.05, 0.1) is 13.2 Å². The molecule has 0 aromatic rings. The van der Waals surface area contributed by atoms with Crippen molar-refractivity contribution in [3.8, 4) is 0 Å². The largest absolute Gasteiger partial charge is 0.379 e. The van der Waals surface area contributed by atoms with Crippen LogP contribution in [-0.4, -0.2) is 44.3 Å². The van der Waals surface area contributed by atoms with Crippen LogP contribution in [0, 0.1) is 5.41 Å². The summed E-state index contributed by atoms with van der Waals surface area (Å²) in [6, 6.07) is 0. The third-order valence-corrected chi connectivity index (χ3v) is 6.40. The third-order valence-electron chi connectivity index (χ3n) is 3.98. The van der Waals surface area contributed by atoms with E-state index in [1.165, 1.54) is 0 Å². The van der Waals surface area contributed by atoms with E-state index in [0.717, 1.165) is 5.57 Å². The molecule has 2 aliphatic rings. The first-order chi connectivity index (χ1) is 9.40. The average molecular weight is 297 g/mol. The summed E-state index contributed by atoms with van der Waals surface area (Å²) in [5.74, 6) is 0. The highest BCUT2D eigenvalue weighted by Gasteiger charge is 2.43. The number of hydrogen-bond donors (Lipinski definition) is 0. The number of nitrogens with zero attached hydrogens (tertiary/aromatic N) is 1. The first-order valence-corrected chi connectivity index (χ1v) is 8.46. The van der Waals surface area contributed by atoms with Gasteiger partial charge in [-0.15, -0.1) is 6.58 Å². The molecule has 1 heterocycles. The number of allylic oxidation sites excluding steroid dienone is 4. The molecule has 1 fully saturated rings. The van der Waals surface area contributed by atoms with Gasteiger partial charge in [-0.3, -0.25) is 0 Å². The Labute approximate surface area is 121 Å².